The highest BCUT2D eigenvalue weighted by Crippen LogP contribution is 2.08. The van der Waals surface area contributed by atoms with Gasteiger partial charge in [0, 0.05) is 5.57 Å². The van der Waals surface area contributed by atoms with Gasteiger partial charge in [0.1, 0.15) is 6.61 Å². The third-order valence-corrected chi connectivity index (χ3v) is 2.05. The molecule has 1 aliphatic heterocycles. The van der Waals surface area contributed by atoms with Gasteiger partial charge in [0.2, 0.25) is 0 Å². The van der Waals surface area contributed by atoms with Crippen molar-refractivity contribution in [3.63, 3.8) is 0 Å². The highest BCUT2D eigenvalue weighted by Gasteiger charge is 2.36. The molecule has 0 spiro atoms. The summed E-state index contributed by atoms with van der Waals surface area (Å²) in [5.41, 5.74) is 0.256. The molecule has 3 N–H and O–H groups in total. The van der Waals surface area contributed by atoms with Gasteiger partial charge in [-0.25, -0.2) is 9.59 Å². The molecular weight excluding hydrogens is 216 g/mol. The van der Waals surface area contributed by atoms with Crippen LogP contribution in [0.5, 0.6) is 0 Å². The van der Waals surface area contributed by atoms with Crippen LogP contribution >= 0.6 is 0 Å². The number of hydrogen-bond donors (Lipinski definition) is 3. The normalized spacial score (nSPS) is 24.2. The summed E-state index contributed by atoms with van der Waals surface area (Å²) in [4.78, 5) is 23.1. The summed E-state index contributed by atoms with van der Waals surface area (Å²) < 4.78 is 4.74. The summed E-state index contributed by atoms with van der Waals surface area (Å²) in [6.07, 6.45) is -2.64. The zero-order chi connectivity index (χ0) is 12.3. The Hall–Kier alpha value is -1.60. The van der Waals surface area contributed by atoms with Gasteiger partial charge in [0.25, 0.3) is 0 Å². The lowest BCUT2D eigenvalue weighted by molar-refractivity contribution is -0.139. The Morgan fingerprint density at radius 2 is 2.25 bits per heavy atom. The molecule has 1 fully saturated rings. The first-order valence-electron chi connectivity index (χ1n) is 4.69. The van der Waals surface area contributed by atoms with Crippen molar-refractivity contribution >= 4 is 12.0 Å². The van der Waals surface area contributed by atoms with E-state index in [9.17, 15) is 14.7 Å². The van der Waals surface area contributed by atoms with Crippen molar-refractivity contribution in [3.05, 3.63) is 12.2 Å². The van der Waals surface area contributed by atoms with Gasteiger partial charge in [-0.05, 0) is 6.92 Å². The van der Waals surface area contributed by atoms with Crippen molar-refractivity contribution in [2.45, 2.75) is 19.4 Å². The van der Waals surface area contributed by atoms with Gasteiger partial charge in [0.05, 0.1) is 6.54 Å². The Labute approximate surface area is 92.3 Å². The summed E-state index contributed by atoms with van der Waals surface area (Å²) in [5.74, 6) is -0.561. The van der Waals surface area contributed by atoms with E-state index < -0.39 is 24.5 Å². The number of nitrogens with one attached hydrogen (secondary N) is 1. The summed E-state index contributed by atoms with van der Waals surface area (Å²) in [6.45, 7) is 4.83. The summed E-state index contributed by atoms with van der Waals surface area (Å²) in [7, 11) is 0. The fraction of sp³-hybridized carbons (Fsp3) is 0.556. The molecule has 0 radical (unpaired) electrons. The van der Waals surface area contributed by atoms with Crippen LogP contribution in [0.15, 0.2) is 12.2 Å². The van der Waals surface area contributed by atoms with Gasteiger partial charge < -0.3 is 20.3 Å². The average molecular weight is 230 g/mol. The van der Waals surface area contributed by atoms with E-state index in [0.29, 0.717) is 0 Å². The molecule has 0 aromatic carbocycles. The smallest absolute Gasteiger partial charge is 0.333 e. The monoisotopic (exact) mass is 230 g/mol. The molecule has 7 nitrogen and oxygen atoms in total. The second-order valence-corrected chi connectivity index (χ2v) is 3.42. The number of nitrogens with zero attached hydrogens (tertiary/aromatic N) is 1. The minimum absolute atomic E-state index is 0.00306. The molecule has 1 aliphatic rings. The third-order valence-electron chi connectivity index (χ3n) is 2.05. The number of ether oxygens (including phenoxy) is 1. The van der Waals surface area contributed by atoms with Crippen molar-refractivity contribution in [3.8, 4) is 0 Å². The molecule has 0 aromatic heterocycles. The molecule has 1 saturated heterocycles. The molecule has 2 atom stereocenters. The van der Waals surface area contributed by atoms with Crippen LogP contribution in [0.1, 0.15) is 6.92 Å². The zero-order valence-electron chi connectivity index (χ0n) is 8.84. The highest BCUT2D eigenvalue weighted by atomic mass is 16.5. The number of carbonyl (C=O) groups is 2. The maximum Gasteiger partial charge on any atom is 0.333 e. The van der Waals surface area contributed by atoms with Crippen LogP contribution in [-0.4, -0.2) is 52.7 Å². The first kappa shape index (κ1) is 12.5. The van der Waals surface area contributed by atoms with E-state index in [1.54, 1.807) is 0 Å². The molecule has 16 heavy (non-hydrogen) atoms. The minimum Gasteiger partial charge on any atom is -0.460 e. The summed E-state index contributed by atoms with van der Waals surface area (Å²) >= 11 is 0. The second-order valence-electron chi connectivity index (χ2n) is 3.42. The zero-order valence-corrected chi connectivity index (χ0v) is 8.84. The SMILES string of the molecule is C=C(C)C(=O)OCCN1C(=O)NC(O)C1O. The molecule has 90 valence electrons. The molecule has 1 rings (SSSR count). The van der Waals surface area contributed by atoms with Crippen LogP contribution in [0, 0.1) is 0 Å². The number of amides is 2. The first-order valence-corrected chi connectivity index (χ1v) is 4.69. The lowest BCUT2D eigenvalue weighted by atomic mass is 10.4. The molecule has 0 aliphatic carbocycles. The Bertz CT molecular complexity index is 317. The molecule has 0 aromatic rings. The quantitative estimate of drug-likeness (QED) is 0.415. The molecule has 1 heterocycles. The Morgan fingerprint density at radius 3 is 2.69 bits per heavy atom. The Morgan fingerprint density at radius 1 is 1.62 bits per heavy atom. The molecular formula is C9H14N2O5. The summed E-state index contributed by atoms with van der Waals surface area (Å²) in [5, 5.41) is 20.5. The molecule has 2 amide bonds. The van der Waals surface area contributed by atoms with Crippen LogP contribution in [-0.2, 0) is 9.53 Å². The first-order chi connectivity index (χ1) is 7.43. The second kappa shape index (κ2) is 4.95. The van der Waals surface area contributed by atoms with Gasteiger partial charge in [-0.1, -0.05) is 6.58 Å². The van der Waals surface area contributed by atoms with E-state index >= 15 is 0 Å². The van der Waals surface area contributed by atoms with E-state index in [2.05, 4.69) is 11.9 Å². The standard InChI is InChI=1S/C9H14N2O5/c1-5(2)8(14)16-4-3-11-7(13)6(12)10-9(11)15/h6-7,12-13H,1,3-4H2,2H3,(H,10,15). The molecule has 0 saturated carbocycles. The average Bonchev–Trinajstić information content (AvgIpc) is 2.44. The van der Waals surface area contributed by atoms with Crippen LogP contribution in [0.2, 0.25) is 0 Å². The van der Waals surface area contributed by atoms with Crippen molar-refractivity contribution in [1.29, 1.82) is 0 Å². The number of hydrogen-bond acceptors (Lipinski definition) is 5. The van der Waals surface area contributed by atoms with Crippen molar-refractivity contribution in [1.82, 2.24) is 10.2 Å². The van der Waals surface area contributed by atoms with Gasteiger partial charge in [-0.3, -0.25) is 4.90 Å². The number of carbonyl (C=O) groups excluding carboxylic acids is 2. The van der Waals surface area contributed by atoms with E-state index in [4.69, 9.17) is 9.84 Å². The number of urea groups is 1. The van der Waals surface area contributed by atoms with Crippen molar-refractivity contribution in [2.24, 2.45) is 0 Å². The number of rotatable bonds is 4. The predicted molar refractivity (Wildman–Crippen MR) is 53.0 cm³/mol. The van der Waals surface area contributed by atoms with Crippen molar-refractivity contribution < 1.29 is 24.5 Å². The van der Waals surface area contributed by atoms with Crippen molar-refractivity contribution in [2.75, 3.05) is 13.2 Å². The van der Waals surface area contributed by atoms with E-state index in [-0.39, 0.29) is 18.7 Å². The number of aliphatic hydroxyl groups excluding tert-OH is 2. The largest absolute Gasteiger partial charge is 0.460 e. The van der Waals surface area contributed by atoms with Gasteiger partial charge in [-0.2, -0.15) is 0 Å². The highest BCUT2D eigenvalue weighted by molar-refractivity contribution is 5.86. The third kappa shape index (κ3) is 2.71. The lowest BCUT2D eigenvalue weighted by Crippen LogP contribution is -2.38. The van der Waals surface area contributed by atoms with E-state index in [1.807, 2.05) is 0 Å². The minimum atomic E-state index is -1.32. The fourth-order valence-corrected chi connectivity index (χ4v) is 1.17. The predicted octanol–water partition coefficient (Wildman–Crippen LogP) is -1.23. The maximum absolute atomic E-state index is 11.1. The van der Waals surface area contributed by atoms with Gasteiger partial charge >= 0.3 is 12.0 Å². The van der Waals surface area contributed by atoms with Crippen LogP contribution in [0.25, 0.3) is 0 Å². The number of esters is 1. The molecule has 0 bridgehead atoms. The van der Waals surface area contributed by atoms with E-state index in [1.165, 1.54) is 6.92 Å². The number of aliphatic hydroxyl groups is 2. The lowest BCUT2D eigenvalue weighted by Gasteiger charge is -2.19. The van der Waals surface area contributed by atoms with Gasteiger partial charge in [-0.15, -0.1) is 0 Å². The van der Waals surface area contributed by atoms with Crippen LogP contribution in [0.3, 0.4) is 0 Å². The van der Waals surface area contributed by atoms with E-state index in [0.717, 1.165) is 4.90 Å². The van der Waals surface area contributed by atoms with Crippen LogP contribution < -0.4 is 5.32 Å². The maximum atomic E-state index is 11.1. The van der Waals surface area contributed by atoms with Crippen LogP contribution in [0.4, 0.5) is 4.79 Å². The topological polar surface area (TPSA) is 99.1 Å². The Kier molecular flexibility index (Phi) is 3.86. The Balaban J connectivity index is 2.36. The molecule has 2 unspecified atom stereocenters. The molecule has 7 heteroatoms. The summed E-state index contributed by atoms with van der Waals surface area (Å²) in [6, 6.07) is -0.605. The fourth-order valence-electron chi connectivity index (χ4n) is 1.17. The van der Waals surface area contributed by atoms with Gasteiger partial charge in [0.15, 0.2) is 12.5 Å².